The Balaban J connectivity index is 1.28. The molecule has 2 unspecified atom stereocenters. The van der Waals surface area contributed by atoms with Crippen molar-refractivity contribution in [3.8, 4) is 0 Å². The molecule has 2 aromatic carbocycles. The summed E-state index contributed by atoms with van der Waals surface area (Å²) in [4.78, 5) is 55.6. The quantitative estimate of drug-likeness (QED) is 0.275. The van der Waals surface area contributed by atoms with E-state index in [-0.39, 0.29) is 37.0 Å². The Labute approximate surface area is 299 Å². The first-order chi connectivity index (χ1) is 24.4. The number of amides is 3. The Hall–Kier alpha value is -4.52. The van der Waals surface area contributed by atoms with Crippen LogP contribution in [0.1, 0.15) is 82.9 Å². The molecule has 272 valence electrons. The minimum atomic E-state index is -1.41. The minimum absolute atomic E-state index is 0.149. The highest BCUT2D eigenvalue weighted by molar-refractivity contribution is 5.96. The van der Waals surface area contributed by atoms with Gasteiger partial charge in [-0.1, -0.05) is 97.8 Å². The summed E-state index contributed by atoms with van der Waals surface area (Å²) in [7, 11) is 0. The van der Waals surface area contributed by atoms with Crippen LogP contribution in [0.4, 0.5) is 4.79 Å². The molecule has 3 amide bonds. The highest BCUT2D eigenvalue weighted by atomic mass is 16.6. The molecule has 3 aliphatic heterocycles. The molecule has 0 aromatic heterocycles. The fourth-order valence-corrected chi connectivity index (χ4v) is 7.30. The number of allylic oxidation sites excluding steroid dienone is 1. The molecule has 1 aliphatic carbocycles. The van der Waals surface area contributed by atoms with Gasteiger partial charge in [0.2, 0.25) is 11.8 Å². The lowest BCUT2D eigenvalue weighted by molar-refractivity contribution is -0.145. The van der Waals surface area contributed by atoms with E-state index >= 15 is 0 Å². The molecule has 1 saturated carbocycles. The molecule has 4 aliphatic rings. The van der Waals surface area contributed by atoms with E-state index in [0.717, 1.165) is 30.4 Å². The van der Waals surface area contributed by atoms with Crippen molar-refractivity contribution in [2.45, 2.75) is 107 Å². The van der Waals surface area contributed by atoms with Crippen LogP contribution in [0.5, 0.6) is 0 Å². The van der Waals surface area contributed by atoms with Crippen molar-refractivity contribution in [1.29, 1.82) is 0 Å². The Morgan fingerprint density at radius 3 is 2.43 bits per heavy atom. The molecule has 51 heavy (non-hydrogen) atoms. The fraction of sp³-hybridized carbons (Fsp3) is 0.487. The molecule has 0 spiro atoms. The predicted molar refractivity (Wildman–Crippen MR) is 192 cm³/mol. The zero-order valence-corrected chi connectivity index (χ0v) is 29.6. The molecule has 6 rings (SSSR count). The van der Waals surface area contributed by atoms with Gasteiger partial charge in [0, 0.05) is 12.5 Å². The second-order valence-corrected chi connectivity index (χ2v) is 15.0. The van der Waals surface area contributed by atoms with E-state index < -0.39 is 47.1 Å². The van der Waals surface area contributed by atoms with E-state index in [9.17, 15) is 24.3 Å². The van der Waals surface area contributed by atoms with Crippen molar-refractivity contribution in [2.24, 2.45) is 5.92 Å². The second kappa shape index (κ2) is 15.4. The van der Waals surface area contributed by atoms with Gasteiger partial charge in [-0.25, -0.2) is 20.4 Å². The summed E-state index contributed by atoms with van der Waals surface area (Å²) in [5, 5.41) is 17.8. The number of carboxylic acids is 1. The highest BCUT2D eigenvalue weighted by Crippen LogP contribution is 2.45. The maximum Gasteiger partial charge on any atom is 0.408 e. The first-order valence-corrected chi connectivity index (χ1v) is 18.1. The van der Waals surface area contributed by atoms with E-state index in [1.807, 2.05) is 65.8 Å². The van der Waals surface area contributed by atoms with Crippen molar-refractivity contribution in [2.75, 3.05) is 6.54 Å². The van der Waals surface area contributed by atoms with E-state index in [1.165, 1.54) is 4.90 Å². The smallest absolute Gasteiger partial charge is 0.408 e. The topological polar surface area (TPSA) is 152 Å². The molecular weight excluding hydrogens is 648 g/mol. The van der Waals surface area contributed by atoms with Crippen LogP contribution in [0.3, 0.4) is 0 Å². The van der Waals surface area contributed by atoms with E-state index in [1.54, 1.807) is 20.8 Å². The summed E-state index contributed by atoms with van der Waals surface area (Å²) in [5.41, 5.74) is 7.12. The number of carbonyl (C=O) groups is 4. The summed E-state index contributed by atoms with van der Waals surface area (Å²) in [5.74, 6) is -2.33. The molecule has 12 nitrogen and oxygen atoms in total. The Morgan fingerprint density at radius 1 is 1.00 bits per heavy atom. The molecule has 5 N–H and O–H groups in total. The second-order valence-electron chi connectivity index (χ2n) is 15.0. The molecule has 3 fully saturated rings. The van der Waals surface area contributed by atoms with Crippen LogP contribution in [-0.4, -0.2) is 80.9 Å². The number of hydrogen-bond donors (Lipinski definition) is 5. The van der Waals surface area contributed by atoms with Crippen LogP contribution in [-0.2, 0) is 19.1 Å². The lowest BCUT2D eigenvalue weighted by Crippen LogP contribution is -2.56. The van der Waals surface area contributed by atoms with Crippen molar-refractivity contribution >= 4 is 30.0 Å². The predicted octanol–water partition coefficient (Wildman–Crippen LogP) is 4.48. The van der Waals surface area contributed by atoms with Crippen molar-refractivity contribution in [3.05, 3.63) is 90.0 Å². The molecule has 12 heteroatoms. The van der Waals surface area contributed by atoms with E-state index in [2.05, 4.69) is 45.8 Å². The third-order valence-electron chi connectivity index (χ3n) is 10.1. The van der Waals surface area contributed by atoms with E-state index in [0.29, 0.717) is 19.3 Å². The van der Waals surface area contributed by atoms with Gasteiger partial charge in [-0.15, -0.1) is 0 Å². The first kappa shape index (κ1) is 36.3. The first-order valence-electron chi connectivity index (χ1n) is 18.1. The van der Waals surface area contributed by atoms with Crippen molar-refractivity contribution in [3.63, 3.8) is 0 Å². The Bertz CT molecular complexity index is 1630. The maximum atomic E-state index is 14.5. The number of rotatable bonds is 6. The van der Waals surface area contributed by atoms with Gasteiger partial charge in [0.05, 0.1) is 18.1 Å². The number of fused-ring (bicyclic) bond motifs is 2. The number of alkyl carbamates (subject to hydrolysis) is 1. The standard InChI is InChI=1S/C39H50N6O6/c1-38(2,3)51-37(50)40-31-20-14-6-4-5-13-19-28-24-39(28,36(48)49)41-34(46)32-23-29(25-44(32)35(31)47)45-42-30(22-21-26-15-9-7-10-16-26)33(43-45)27-17-11-8-12-18-27/h7-13,15-19,21-22,28-33,42-43H,4-6,14,20,23-25H2,1-3H3,(H,40,50)(H,41,46)(H,48,49)/b19-13-,22-21+/t28-,29+,30?,31+,32+,33?,39-/m1/s1. The van der Waals surface area contributed by atoms with Gasteiger partial charge in [-0.05, 0) is 64.0 Å². The molecular formula is C39H50N6O6. The number of carboxylic acid groups (broad SMARTS) is 1. The van der Waals surface area contributed by atoms with Crippen molar-refractivity contribution in [1.82, 2.24) is 31.5 Å². The third kappa shape index (κ3) is 8.69. The van der Waals surface area contributed by atoms with Crippen LogP contribution in [0.2, 0.25) is 0 Å². The SMILES string of the molecule is CC(C)(C)OC(=O)N[C@H]1CCCCC/C=C\[C@@H]2C[C@@]2(C(=O)O)NC(=O)[C@@H]2C[C@H](N3NC(/C=C/c4ccccc4)C(c4ccccc4)N3)CN2C1=O. The normalized spacial score (nSPS) is 31.2. The molecule has 0 bridgehead atoms. The molecule has 2 aromatic rings. The number of hydrogen-bond acceptors (Lipinski definition) is 8. The largest absolute Gasteiger partial charge is 0.479 e. The monoisotopic (exact) mass is 698 g/mol. The van der Waals surface area contributed by atoms with Crippen molar-refractivity contribution < 1.29 is 29.0 Å². The number of nitrogens with zero attached hydrogens (tertiary/aromatic N) is 2. The lowest BCUT2D eigenvalue weighted by Gasteiger charge is -2.30. The average molecular weight is 699 g/mol. The molecule has 3 heterocycles. The van der Waals surface area contributed by atoms with E-state index in [4.69, 9.17) is 4.74 Å². The zero-order chi connectivity index (χ0) is 36.2. The Morgan fingerprint density at radius 2 is 1.73 bits per heavy atom. The van der Waals surface area contributed by atoms with Gasteiger partial charge in [0.25, 0.3) is 0 Å². The number of hydrazine groups is 2. The van der Waals surface area contributed by atoms with Gasteiger partial charge < -0.3 is 25.4 Å². The van der Waals surface area contributed by atoms with Crippen LogP contribution in [0.25, 0.3) is 6.08 Å². The minimum Gasteiger partial charge on any atom is -0.479 e. The maximum absolute atomic E-state index is 14.5. The summed E-state index contributed by atoms with van der Waals surface area (Å²) in [6.45, 7) is 5.44. The number of nitrogens with one attached hydrogen (secondary N) is 4. The average Bonchev–Trinajstić information content (AvgIpc) is 3.40. The summed E-state index contributed by atoms with van der Waals surface area (Å²) in [6, 6.07) is 17.5. The molecule has 0 radical (unpaired) electrons. The number of aliphatic carboxylic acids is 1. The molecule has 7 atom stereocenters. The zero-order valence-electron chi connectivity index (χ0n) is 29.6. The van der Waals surface area contributed by atoms with Gasteiger partial charge in [-0.3, -0.25) is 9.59 Å². The van der Waals surface area contributed by atoms with Crippen LogP contribution < -0.4 is 21.5 Å². The van der Waals surface area contributed by atoms with Crippen LogP contribution in [0.15, 0.2) is 78.9 Å². The molecule has 2 saturated heterocycles. The number of benzene rings is 2. The lowest BCUT2D eigenvalue weighted by atomic mass is 10.00. The van der Waals surface area contributed by atoms with Crippen LogP contribution >= 0.6 is 0 Å². The van der Waals surface area contributed by atoms with Gasteiger partial charge >= 0.3 is 12.1 Å². The summed E-state index contributed by atoms with van der Waals surface area (Å²) >= 11 is 0. The highest BCUT2D eigenvalue weighted by Gasteiger charge is 2.61. The van der Waals surface area contributed by atoms with Gasteiger partial charge in [0.1, 0.15) is 23.2 Å². The number of carbonyl (C=O) groups excluding carboxylic acids is 3. The summed E-state index contributed by atoms with van der Waals surface area (Å²) < 4.78 is 5.52. The van der Waals surface area contributed by atoms with Gasteiger partial charge in [-0.2, -0.15) is 5.12 Å². The van der Waals surface area contributed by atoms with Gasteiger partial charge in [0.15, 0.2) is 0 Å². The summed E-state index contributed by atoms with van der Waals surface area (Å²) in [6.07, 6.45) is 11.4. The number of ether oxygens (including phenoxy) is 1. The Kier molecular flexibility index (Phi) is 10.9. The van der Waals surface area contributed by atoms with Crippen LogP contribution in [0, 0.1) is 5.92 Å². The third-order valence-corrected chi connectivity index (χ3v) is 10.1. The fourth-order valence-electron chi connectivity index (χ4n) is 7.30.